The van der Waals surface area contributed by atoms with Crippen molar-refractivity contribution in [3.8, 4) is 11.3 Å². The van der Waals surface area contributed by atoms with Crippen LogP contribution in [0.2, 0.25) is 0 Å². The maximum absolute atomic E-state index is 11.1. The second-order valence-corrected chi connectivity index (χ2v) is 3.87. The van der Waals surface area contributed by atoms with Gasteiger partial charge in [-0.15, -0.1) is 0 Å². The molecule has 0 saturated heterocycles. The summed E-state index contributed by atoms with van der Waals surface area (Å²) in [6.45, 7) is 1.51. The lowest BCUT2D eigenvalue weighted by atomic mass is 10.1. The molecule has 4 heteroatoms. The van der Waals surface area contributed by atoms with Crippen LogP contribution in [-0.2, 0) is 0 Å². The first-order valence-corrected chi connectivity index (χ1v) is 5.38. The Kier molecular flexibility index (Phi) is 3.19. The molecule has 0 fully saturated rings. The number of ketones is 1. The van der Waals surface area contributed by atoms with Gasteiger partial charge in [-0.1, -0.05) is 24.3 Å². The SMILES string of the molecule is CC(=O)c1ccc(-c2ccc(C(=O)O)cn2)cc1. The van der Waals surface area contributed by atoms with Gasteiger partial charge in [0, 0.05) is 17.3 Å². The highest BCUT2D eigenvalue weighted by molar-refractivity contribution is 5.94. The van der Waals surface area contributed by atoms with Crippen molar-refractivity contribution in [1.82, 2.24) is 4.98 Å². The molecule has 0 amide bonds. The largest absolute Gasteiger partial charge is 0.478 e. The van der Waals surface area contributed by atoms with E-state index in [4.69, 9.17) is 5.11 Å². The van der Waals surface area contributed by atoms with E-state index in [1.165, 1.54) is 19.2 Å². The first-order chi connectivity index (χ1) is 8.58. The Morgan fingerprint density at radius 3 is 2.06 bits per heavy atom. The number of carbonyl (C=O) groups excluding carboxylic acids is 1. The van der Waals surface area contributed by atoms with Gasteiger partial charge in [-0.2, -0.15) is 0 Å². The molecule has 0 unspecified atom stereocenters. The second-order valence-electron chi connectivity index (χ2n) is 3.87. The van der Waals surface area contributed by atoms with E-state index >= 15 is 0 Å². The molecule has 2 aromatic rings. The van der Waals surface area contributed by atoms with E-state index < -0.39 is 5.97 Å². The summed E-state index contributed by atoms with van der Waals surface area (Å²) in [5, 5.41) is 8.77. The molecule has 18 heavy (non-hydrogen) atoms. The fourth-order valence-electron chi connectivity index (χ4n) is 1.57. The lowest BCUT2D eigenvalue weighted by Crippen LogP contribution is -1.97. The molecule has 0 radical (unpaired) electrons. The molecule has 0 aliphatic carbocycles. The number of carbonyl (C=O) groups is 2. The van der Waals surface area contributed by atoms with Crippen LogP contribution in [0.5, 0.6) is 0 Å². The van der Waals surface area contributed by atoms with Crippen LogP contribution in [0, 0.1) is 0 Å². The Balaban J connectivity index is 2.31. The number of Topliss-reactive ketones (excluding diaryl/α,β-unsaturated/α-hetero) is 1. The highest BCUT2D eigenvalue weighted by Gasteiger charge is 2.05. The lowest BCUT2D eigenvalue weighted by molar-refractivity contribution is 0.0696. The summed E-state index contributed by atoms with van der Waals surface area (Å²) in [6.07, 6.45) is 1.32. The highest BCUT2D eigenvalue weighted by Crippen LogP contribution is 2.18. The summed E-state index contributed by atoms with van der Waals surface area (Å²) in [6, 6.07) is 10.2. The molecule has 90 valence electrons. The molecule has 0 spiro atoms. The van der Waals surface area contributed by atoms with Crippen molar-refractivity contribution in [3.63, 3.8) is 0 Å². The Morgan fingerprint density at radius 2 is 1.61 bits per heavy atom. The van der Waals surface area contributed by atoms with E-state index in [9.17, 15) is 9.59 Å². The van der Waals surface area contributed by atoms with Crippen molar-refractivity contribution in [1.29, 1.82) is 0 Å². The zero-order valence-corrected chi connectivity index (χ0v) is 9.75. The van der Waals surface area contributed by atoms with E-state index in [2.05, 4.69) is 4.98 Å². The van der Waals surface area contributed by atoms with Crippen LogP contribution < -0.4 is 0 Å². The lowest BCUT2D eigenvalue weighted by Gasteiger charge is -2.02. The fraction of sp³-hybridized carbons (Fsp3) is 0.0714. The van der Waals surface area contributed by atoms with Gasteiger partial charge in [0.2, 0.25) is 0 Å². The van der Waals surface area contributed by atoms with E-state index in [-0.39, 0.29) is 11.3 Å². The minimum atomic E-state index is -0.999. The van der Waals surface area contributed by atoms with Crippen molar-refractivity contribution < 1.29 is 14.7 Å². The number of aromatic carboxylic acids is 1. The van der Waals surface area contributed by atoms with Crippen LogP contribution in [0.4, 0.5) is 0 Å². The Bertz CT molecular complexity index is 530. The van der Waals surface area contributed by atoms with Crippen LogP contribution in [0.1, 0.15) is 27.6 Å². The monoisotopic (exact) mass is 241 g/mol. The van der Waals surface area contributed by atoms with Crippen molar-refractivity contribution in [2.75, 3.05) is 0 Å². The summed E-state index contributed by atoms with van der Waals surface area (Å²) in [5.41, 5.74) is 2.31. The number of carboxylic acids is 1. The fourth-order valence-corrected chi connectivity index (χ4v) is 1.57. The predicted octanol–water partition coefficient (Wildman–Crippen LogP) is 2.65. The minimum absolute atomic E-state index is 0.00994. The molecule has 0 atom stereocenters. The summed E-state index contributed by atoms with van der Waals surface area (Å²) in [7, 11) is 0. The summed E-state index contributed by atoms with van der Waals surface area (Å²) >= 11 is 0. The number of hydrogen-bond acceptors (Lipinski definition) is 3. The maximum Gasteiger partial charge on any atom is 0.337 e. The third-order valence-corrected chi connectivity index (χ3v) is 2.60. The Labute approximate surface area is 104 Å². The van der Waals surface area contributed by atoms with Crippen LogP contribution in [0.25, 0.3) is 11.3 Å². The van der Waals surface area contributed by atoms with E-state index in [0.717, 1.165) is 5.56 Å². The number of pyridine rings is 1. The Hall–Kier alpha value is -2.49. The van der Waals surface area contributed by atoms with Crippen LogP contribution in [0.3, 0.4) is 0 Å². The first kappa shape index (κ1) is 12.0. The molecular formula is C14H11NO3. The maximum atomic E-state index is 11.1. The number of hydrogen-bond donors (Lipinski definition) is 1. The van der Waals surface area contributed by atoms with Crippen molar-refractivity contribution >= 4 is 11.8 Å². The molecule has 0 aliphatic heterocycles. The molecule has 1 aromatic heterocycles. The molecule has 0 saturated carbocycles. The van der Waals surface area contributed by atoms with Gasteiger partial charge in [0.25, 0.3) is 0 Å². The summed E-state index contributed by atoms with van der Waals surface area (Å²) < 4.78 is 0. The Morgan fingerprint density at radius 1 is 1.00 bits per heavy atom. The standard InChI is InChI=1S/C14H11NO3/c1-9(16)10-2-4-11(5-3-10)13-7-6-12(8-15-13)14(17)18/h2-8H,1H3,(H,17,18). The number of benzene rings is 1. The summed E-state index contributed by atoms with van der Waals surface area (Å²) in [5.74, 6) is -0.989. The van der Waals surface area contributed by atoms with Gasteiger partial charge in [-0.05, 0) is 19.1 Å². The van der Waals surface area contributed by atoms with E-state index in [1.54, 1.807) is 30.3 Å². The van der Waals surface area contributed by atoms with Gasteiger partial charge in [0.05, 0.1) is 11.3 Å². The molecule has 0 bridgehead atoms. The molecule has 1 heterocycles. The van der Waals surface area contributed by atoms with Crippen molar-refractivity contribution in [3.05, 3.63) is 53.7 Å². The molecule has 1 aromatic carbocycles. The number of aromatic nitrogens is 1. The van der Waals surface area contributed by atoms with Crippen molar-refractivity contribution in [2.45, 2.75) is 6.92 Å². The average Bonchev–Trinajstić information content (AvgIpc) is 2.39. The number of carboxylic acid groups (broad SMARTS) is 1. The second kappa shape index (κ2) is 4.79. The van der Waals surface area contributed by atoms with Gasteiger partial charge < -0.3 is 5.11 Å². The zero-order valence-electron chi connectivity index (χ0n) is 9.75. The quantitative estimate of drug-likeness (QED) is 0.839. The molecule has 4 nitrogen and oxygen atoms in total. The van der Waals surface area contributed by atoms with Gasteiger partial charge in [-0.25, -0.2) is 4.79 Å². The van der Waals surface area contributed by atoms with Crippen LogP contribution >= 0.6 is 0 Å². The third-order valence-electron chi connectivity index (χ3n) is 2.60. The summed E-state index contributed by atoms with van der Waals surface area (Å²) in [4.78, 5) is 25.9. The molecule has 0 aliphatic rings. The number of nitrogens with zero attached hydrogens (tertiary/aromatic N) is 1. The molecule has 1 N–H and O–H groups in total. The minimum Gasteiger partial charge on any atom is -0.478 e. The van der Waals surface area contributed by atoms with Gasteiger partial charge in [0.15, 0.2) is 5.78 Å². The van der Waals surface area contributed by atoms with Gasteiger partial charge in [-0.3, -0.25) is 9.78 Å². The molecular weight excluding hydrogens is 230 g/mol. The topological polar surface area (TPSA) is 67.3 Å². The van der Waals surface area contributed by atoms with Gasteiger partial charge in [0.1, 0.15) is 0 Å². The highest BCUT2D eigenvalue weighted by atomic mass is 16.4. The zero-order chi connectivity index (χ0) is 13.1. The molecule has 2 rings (SSSR count). The van der Waals surface area contributed by atoms with E-state index in [1.807, 2.05) is 0 Å². The van der Waals surface area contributed by atoms with Crippen molar-refractivity contribution in [2.24, 2.45) is 0 Å². The normalized spacial score (nSPS) is 10.1. The predicted molar refractivity (Wildman–Crippen MR) is 66.6 cm³/mol. The number of rotatable bonds is 3. The third kappa shape index (κ3) is 2.43. The van der Waals surface area contributed by atoms with Crippen LogP contribution in [0.15, 0.2) is 42.6 Å². The van der Waals surface area contributed by atoms with Gasteiger partial charge >= 0.3 is 5.97 Å². The van der Waals surface area contributed by atoms with Crippen LogP contribution in [-0.4, -0.2) is 21.8 Å². The smallest absolute Gasteiger partial charge is 0.337 e. The average molecular weight is 241 g/mol. The van der Waals surface area contributed by atoms with E-state index in [0.29, 0.717) is 11.3 Å². The first-order valence-electron chi connectivity index (χ1n) is 5.38.